The van der Waals surface area contributed by atoms with E-state index in [2.05, 4.69) is 11.1 Å². The largest absolute Gasteiger partial charge is 1.00 e. The van der Waals surface area contributed by atoms with Crippen molar-refractivity contribution in [3.8, 4) is 0 Å². The quantitative estimate of drug-likeness (QED) is 0.0889. The maximum Gasteiger partial charge on any atom is 1.00 e. The van der Waals surface area contributed by atoms with E-state index in [-0.39, 0.29) is 87.5 Å². The molecule has 0 aromatic carbocycles. The molecular weight excluding hydrogens is 446 g/mol. The van der Waals surface area contributed by atoms with E-state index >= 15 is 0 Å². The molecule has 0 amide bonds. The summed E-state index contributed by atoms with van der Waals surface area (Å²) in [5.74, 6) is -3.83. The van der Waals surface area contributed by atoms with Gasteiger partial charge in [0.15, 0.2) is 6.10 Å². The second kappa shape index (κ2) is 24.0. The Morgan fingerprint density at radius 2 is 1.28 bits per heavy atom. The summed E-state index contributed by atoms with van der Waals surface area (Å²) in [6.45, 7) is 2.24. The zero-order chi connectivity index (χ0) is 21.3. The number of carboxylic acids is 2. The van der Waals surface area contributed by atoms with Crippen LogP contribution < -0.4 is 86.0 Å². The van der Waals surface area contributed by atoms with E-state index in [4.69, 9.17) is 15.3 Å². The van der Waals surface area contributed by atoms with E-state index in [0.717, 1.165) is 12.8 Å². The number of hydrogen-bond donors (Lipinski definition) is 3. The van der Waals surface area contributed by atoms with Crippen molar-refractivity contribution >= 4 is 22.3 Å². The molecule has 0 fully saturated rings. The topological polar surface area (TPSA) is 184 Å². The molecule has 3 N–H and O–H groups in total. The Morgan fingerprint density at radius 1 is 0.897 bits per heavy atom. The van der Waals surface area contributed by atoms with Crippen LogP contribution in [0, 0.1) is 0 Å². The minimum atomic E-state index is -4.48. The van der Waals surface area contributed by atoms with Crippen molar-refractivity contribution in [2.24, 2.45) is 0 Å². The van der Waals surface area contributed by atoms with Gasteiger partial charge >= 0.3 is 86.9 Å². The summed E-state index contributed by atoms with van der Waals surface area (Å²) >= 11 is 0. The van der Waals surface area contributed by atoms with Crippen molar-refractivity contribution in [2.45, 2.75) is 83.3 Å². The molecule has 0 saturated heterocycles. The van der Waals surface area contributed by atoms with Crippen molar-refractivity contribution in [2.75, 3.05) is 6.61 Å². The van der Waals surface area contributed by atoms with E-state index in [0.29, 0.717) is 6.42 Å². The fourth-order valence-corrected chi connectivity index (χ4v) is 2.34. The average Bonchev–Trinajstić information content (AvgIpc) is 2.57. The zero-order valence-corrected chi connectivity index (χ0v) is 23.5. The van der Waals surface area contributed by atoms with Crippen molar-refractivity contribution in [1.29, 1.82) is 0 Å². The molecule has 0 aliphatic carbocycles. The third-order valence-electron chi connectivity index (χ3n) is 3.52. The Balaban J connectivity index is -0.000000226. The molecule has 0 aromatic heterocycles. The summed E-state index contributed by atoms with van der Waals surface area (Å²) in [6.07, 6.45) is 6.99. The molecule has 0 aromatic rings. The number of aliphatic hydroxyl groups is 2. The number of carboxylic acid groups (broad SMARTS) is 2. The van der Waals surface area contributed by atoms with Gasteiger partial charge in [0.25, 0.3) is 0 Å². The summed E-state index contributed by atoms with van der Waals surface area (Å²) in [7, 11) is -4.48. The summed E-state index contributed by atoms with van der Waals surface area (Å²) < 4.78 is 34.5. The predicted octanol–water partition coefficient (Wildman–Crippen LogP) is -6.07. The fourth-order valence-electron chi connectivity index (χ4n) is 2.01. The number of carbonyl (C=O) groups excluding carboxylic acids is 1. The third kappa shape index (κ3) is 29.4. The Labute approximate surface area is 237 Å². The molecule has 29 heavy (non-hydrogen) atoms. The van der Waals surface area contributed by atoms with Gasteiger partial charge in [0.2, 0.25) is 10.4 Å². The van der Waals surface area contributed by atoms with Crippen LogP contribution in [0.1, 0.15) is 71.1 Å². The Morgan fingerprint density at radius 3 is 1.55 bits per heavy atom. The summed E-state index contributed by atoms with van der Waals surface area (Å²) in [4.78, 5) is 19.4. The summed E-state index contributed by atoms with van der Waals surface area (Å²) in [5, 5.41) is 34.1. The average molecular weight is 477 g/mol. The van der Waals surface area contributed by atoms with Gasteiger partial charge in [-0.1, -0.05) is 64.7 Å². The molecule has 13 heteroatoms. The van der Waals surface area contributed by atoms with E-state index < -0.39 is 34.5 Å². The van der Waals surface area contributed by atoms with Gasteiger partial charge in [-0.15, -0.1) is 0 Å². The van der Waals surface area contributed by atoms with Crippen LogP contribution in [-0.4, -0.2) is 59.0 Å². The van der Waals surface area contributed by atoms with Crippen LogP contribution in [0.3, 0.4) is 0 Å². The standard InChI is InChI=1S/C12H26O4S.C4H6O6.K.Na/c1-2-3-4-5-6-7-8-9-10-11-12-16-17(13,14)15;5-1(3(7)8)2(6)4(9)10;;/h2-12H2,1H3,(H,13,14,15);1-2,5-6H,(H,7,8)(H,9,10);;/q;;2*+1/p-2. The second-order valence-electron chi connectivity index (χ2n) is 5.96. The van der Waals surface area contributed by atoms with Crippen LogP contribution in [0.4, 0.5) is 0 Å². The molecule has 0 rings (SSSR count). The first-order valence-corrected chi connectivity index (χ1v) is 10.3. The first kappa shape index (κ1) is 37.7. The maximum atomic E-state index is 10.1. The molecular formula is C16H30KNaO10S. The van der Waals surface area contributed by atoms with Crippen LogP contribution in [0.25, 0.3) is 0 Å². The van der Waals surface area contributed by atoms with E-state index in [1.165, 1.54) is 44.9 Å². The van der Waals surface area contributed by atoms with Gasteiger partial charge in [-0.05, 0) is 6.42 Å². The smallest absolute Gasteiger partial charge is 0.726 e. The molecule has 0 aliphatic heterocycles. The SMILES string of the molecule is CCCCCCCCCCCCOS(=O)(=O)[O-].O=C([O-])C(O)C(O)C(=O)O.[K+].[Na+]. The van der Waals surface area contributed by atoms with E-state index in [9.17, 15) is 27.7 Å². The van der Waals surface area contributed by atoms with Crippen LogP contribution >= 0.6 is 0 Å². The van der Waals surface area contributed by atoms with Crippen molar-refractivity contribution in [3.05, 3.63) is 0 Å². The monoisotopic (exact) mass is 476 g/mol. The van der Waals surface area contributed by atoms with Gasteiger partial charge in [0.05, 0.1) is 12.6 Å². The number of carbonyl (C=O) groups is 2. The van der Waals surface area contributed by atoms with Gasteiger partial charge < -0.3 is 29.8 Å². The number of aliphatic carboxylic acids is 2. The second-order valence-corrected chi connectivity index (χ2v) is 7.01. The first-order valence-electron chi connectivity index (χ1n) is 8.93. The number of rotatable bonds is 15. The molecule has 0 saturated carbocycles. The maximum absolute atomic E-state index is 10.1. The van der Waals surface area contributed by atoms with Crippen LogP contribution in [0.2, 0.25) is 0 Å². The Bertz CT molecular complexity index is 486. The van der Waals surface area contributed by atoms with Gasteiger partial charge in [-0.2, -0.15) is 0 Å². The molecule has 0 spiro atoms. The first-order chi connectivity index (χ1) is 12.5. The van der Waals surface area contributed by atoms with Gasteiger partial charge in [-0.25, -0.2) is 13.2 Å². The Kier molecular flexibility index (Phi) is 31.2. The third-order valence-corrected chi connectivity index (χ3v) is 3.97. The summed E-state index contributed by atoms with van der Waals surface area (Å²) in [6, 6.07) is 0. The molecule has 162 valence electrons. The van der Waals surface area contributed by atoms with Crippen molar-refractivity contribution < 1.29 is 128 Å². The molecule has 0 bridgehead atoms. The molecule has 2 atom stereocenters. The predicted molar refractivity (Wildman–Crippen MR) is 92.1 cm³/mol. The fraction of sp³-hybridized carbons (Fsp3) is 0.875. The molecule has 10 nitrogen and oxygen atoms in total. The van der Waals surface area contributed by atoms with Gasteiger partial charge in [0, 0.05) is 0 Å². The number of unbranched alkanes of at least 4 members (excludes halogenated alkanes) is 9. The van der Waals surface area contributed by atoms with Gasteiger partial charge in [-0.3, -0.25) is 4.18 Å². The van der Waals surface area contributed by atoms with Crippen molar-refractivity contribution in [1.82, 2.24) is 0 Å². The van der Waals surface area contributed by atoms with E-state index in [1.54, 1.807) is 0 Å². The minimum Gasteiger partial charge on any atom is -0.726 e. The van der Waals surface area contributed by atoms with E-state index in [1.807, 2.05) is 0 Å². The zero-order valence-electron chi connectivity index (χ0n) is 17.5. The van der Waals surface area contributed by atoms with Crippen LogP contribution in [-0.2, 0) is 24.2 Å². The minimum absolute atomic E-state index is 0. The van der Waals surface area contributed by atoms with Crippen LogP contribution in [0.15, 0.2) is 0 Å². The molecule has 0 heterocycles. The van der Waals surface area contributed by atoms with Crippen LogP contribution in [0.5, 0.6) is 0 Å². The molecule has 0 radical (unpaired) electrons. The molecule has 2 unspecified atom stereocenters. The number of aliphatic hydroxyl groups excluding tert-OH is 2. The Hall–Kier alpha value is 1.37. The van der Waals surface area contributed by atoms with Gasteiger partial charge in [0.1, 0.15) is 6.10 Å². The normalized spacial score (nSPS) is 12.4. The summed E-state index contributed by atoms with van der Waals surface area (Å²) in [5.41, 5.74) is 0. The molecule has 0 aliphatic rings. The van der Waals surface area contributed by atoms with Crippen molar-refractivity contribution in [3.63, 3.8) is 0 Å². The number of hydrogen-bond acceptors (Lipinski definition) is 9.